The van der Waals surface area contributed by atoms with Gasteiger partial charge in [0.25, 0.3) is 10.0 Å². The Kier molecular flexibility index (Phi) is 4.32. The van der Waals surface area contributed by atoms with Gasteiger partial charge in [0.15, 0.2) is 0 Å². The average molecular weight is 405 g/mol. The van der Waals surface area contributed by atoms with Gasteiger partial charge in [0.2, 0.25) is 0 Å². The number of sulfonamides is 1. The van der Waals surface area contributed by atoms with Gasteiger partial charge in [0.05, 0.1) is 10.6 Å². The summed E-state index contributed by atoms with van der Waals surface area (Å²) in [5.41, 5.74) is 1.43. The van der Waals surface area contributed by atoms with Crippen molar-refractivity contribution in [2.45, 2.75) is 11.8 Å². The van der Waals surface area contributed by atoms with Gasteiger partial charge >= 0.3 is 0 Å². The summed E-state index contributed by atoms with van der Waals surface area (Å²) in [5.74, 6) is 0. The fourth-order valence-corrected chi connectivity index (χ4v) is 3.27. The summed E-state index contributed by atoms with van der Waals surface area (Å²) in [7, 11) is -3.56. The van der Waals surface area contributed by atoms with E-state index in [0.29, 0.717) is 5.69 Å². The fraction of sp³-hybridized carbons (Fsp3) is 0.0769. The first-order valence-electron chi connectivity index (χ1n) is 5.43. The lowest BCUT2D eigenvalue weighted by atomic mass is 10.2. The highest BCUT2D eigenvalue weighted by atomic mass is 79.9. The van der Waals surface area contributed by atoms with E-state index < -0.39 is 10.0 Å². The van der Waals surface area contributed by atoms with E-state index in [0.717, 1.165) is 14.5 Å². The summed E-state index contributed by atoms with van der Waals surface area (Å²) < 4.78 is 28.7. The summed E-state index contributed by atoms with van der Waals surface area (Å²) >= 11 is 6.61. The van der Waals surface area contributed by atoms with Crippen molar-refractivity contribution in [3.05, 3.63) is 57.0 Å². The standard InChI is InChI=1S/C13H11Br2NO2S/c1-9-2-3-11(15)8-13(9)16-19(17,18)12-6-4-10(14)5-7-12/h2-8,16H,1H3. The summed E-state index contributed by atoms with van der Waals surface area (Å²) in [5, 5.41) is 0. The number of benzene rings is 2. The van der Waals surface area contributed by atoms with Gasteiger partial charge in [0, 0.05) is 8.95 Å². The Bertz CT molecular complexity index is 697. The average Bonchev–Trinajstić information content (AvgIpc) is 2.34. The van der Waals surface area contributed by atoms with Crippen LogP contribution in [0.3, 0.4) is 0 Å². The first-order valence-corrected chi connectivity index (χ1v) is 8.50. The molecule has 0 radical (unpaired) electrons. The van der Waals surface area contributed by atoms with Crippen LogP contribution >= 0.6 is 31.9 Å². The Morgan fingerprint density at radius 1 is 0.947 bits per heavy atom. The minimum Gasteiger partial charge on any atom is -0.279 e. The molecule has 0 aliphatic rings. The maximum absolute atomic E-state index is 12.2. The van der Waals surface area contributed by atoms with Gasteiger partial charge in [-0.25, -0.2) is 8.42 Å². The third kappa shape index (κ3) is 3.58. The van der Waals surface area contributed by atoms with Gasteiger partial charge in [-0.3, -0.25) is 4.72 Å². The van der Waals surface area contributed by atoms with Gasteiger partial charge < -0.3 is 0 Å². The third-order valence-corrected chi connectivity index (χ3v) is 4.97. The van der Waals surface area contributed by atoms with E-state index in [4.69, 9.17) is 0 Å². The Morgan fingerprint density at radius 3 is 2.16 bits per heavy atom. The van der Waals surface area contributed by atoms with Gasteiger partial charge in [-0.1, -0.05) is 37.9 Å². The molecule has 0 amide bonds. The Hall–Kier alpha value is -0.850. The Labute approximate surface area is 129 Å². The zero-order valence-electron chi connectivity index (χ0n) is 10.0. The SMILES string of the molecule is Cc1ccc(Br)cc1NS(=O)(=O)c1ccc(Br)cc1. The highest BCUT2D eigenvalue weighted by Gasteiger charge is 2.15. The van der Waals surface area contributed by atoms with Crippen LogP contribution in [-0.4, -0.2) is 8.42 Å². The Balaban J connectivity index is 2.36. The van der Waals surface area contributed by atoms with Crippen molar-refractivity contribution in [3.8, 4) is 0 Å². The molecule has 1 N–H and O–H groups in total. The molecule has 0 saturated heterocycles. The van der Waals surface area contributed by atoms with E-state index >= 15 is 0 Å². The maximum Gasteiger partial charge on any atom is 0.261 e. The van der Waals surface area contributed by atoms with Crippen molar-refractivity contribution in [2.75, 3.05) is 4.72 Å². The molecule has 0 bridgehead atoms. The van der Waals surface area contributed by atoms with E-state index in [1.54, 1.807) is 30.3 Å². The molecule has 100 valence electrons. The first-order chi connectivity index (χ1) is 8.88. The summed E-state index contributed by atoms with van der Waals surface area (Å²) in [4.78, 5) is 0.232. The van der Waals surface area contributed by atoms with Gasteiger partial charge in [-0.2, -0.15) is 0 Å². The van der Waals surface area contributed by atoms with E-state index in [1.165, 1.54) is 0 Å². The highest BCUT2D eigenvalue weighted by molar-refractivity contribution is 9.10. The lowest BCUT2D eigenvalue weighted by molar-refractivity contribution is 0.601. The Morgan fingerprint density at radius 2 is 1.53 bits per heavy atom. The molecule has 0 heterocycles. The van der Waals surface area contributed by atoms with Gasteiger partial charge in [-0.05, 0) is 48.9 Å². The molecule has 6 heteroatoms. The molecule has 0 fully saturated rings. The predicted molar refractivity (Wildman–Crippen MR) is 83.8 cm³/mol. The second kappa shape index (κ2) is 5.64. The number of aryl methyl sites for hydroxylation is 1. The van der Waals surface area contributed by atoms with Crippen LogP contribution in [0.1, 0.15) is 5.56 Å². The number of nitrogens with one attached hydrogen (secondary N) is 1. The number of rotatable bonds is 3. The number of hydrogen-bond donors (Lipinski definition) is 1. The van der Waals surface area contributed by atoms with Crippen LogP contribution in [0.15, 0.2) is 56.3 Å². The molecule has 0 aromatic heterocycles. The number of anilines is 1. The molecular weight excluding hydrogens is 394 g/mol. The number of halogens is 2. The molecular formula is C13H11Br2NO2S. The van der Waals surface area contributed by atoms with Crippen LogP contribution in [0.2, 0.25) is 0 Å². The first kappa shape index (κ1) is 14.6. The molecule has 0 aliphatic heterocycles. The van der Waals surface area contributed by atoms with Crippen LogP contribution in [0.25, 0.3) is 0 Å². The normalized spacial score (nSPS) is 11.3. The van der Waals surface area contributed by atoms with Crippen molar-refractivity contribution in [3.63, 3.8) is 0 Å². The minimum atomic E-state index is -3.56. The van der Waals surface area contributed by atoms with Crippen molar-refractivity contribution < 1.29 is 8.42 Å². The summed E-state index contributed by atoms with van der Waals surface area (Å²) in [6.45, 7) is 1.85. The molecule has 19 heavy (non-hydrogen) atoms. The zero-order chi connectivity index (χ0) is 14.0. The second-order valence-corrected chi connectivity index (χ2v) is 7.53. The van der Waals surface area contributed by atoms with Crippen molar-refractivity contribution >= 4 is 47.6 Å². The van der Waals surface area contributed by atoms with Crippen molar-refractivity contribution in [2.24, 2.45) is 0 Å². The van der Waals surface area contributed by atoms with Crippen LogP contribution in [0, 0.1) is 6.92 Å². The highest BCUT2D eigenvalue weighted by Crippen LogP contribution is 2.24. The van der Waals surface area contributed by atoms with E-state index in [-0.39, 0.29) is 4.90 Å². The van der Waals surface area contributed by atoms with E-state index in [9.17, 15) is 8.42 Å². The summed E-state index contributed by atoms with van der Waals surface area (Å²) in [6.07, 6.45) is 0. The van der Waals surface area contributed by atoms with Crippen molar-refractivity contribution in [1.82, 2.24) is 0 Å². The van der Waals surface area contributed by atoms with Gasteiger partial charge in [-0.15, -0.1) is 0 Å². The molecule has 0 unspecified atom stereocenters. The molecule has 0 atom stereocenters. The maximum atomic E-state index is 12.2. The predicted octanol–water partition coefficient (Wildman–Crippen LogP) is 4.32. The van der Waals surface area contributed by atoms with Crippen LogP contribution in [-0.2, 0) is 10.0 Å². The monoisotopic (exact) mass is 403 g/mol. The van der Waals surface area contributed by atoms with Crippen LogP contribution in [0.5, 0.6) is 0 Å². The third-order valence-electron chi connectivity index (χ3n) is 2.57. The zero-order valence-corrected chi connectivity index (χ0v) is 14.0. The van der Waals surface area contributed by atoms with Crippen LogP contribution < -0.4 is 4.72 Å². The summed E-state index contributed by atoms with van der Waals surface area (Å²) in [6, 6.07) is 12.0. The quantitative estimate of drug-likeness (QED) is 0.827. The molecule has 0 aliphatic carbocycles. The van der Waals surface area contributed by atoms with Gasteiger partial charge in [0.1, 0.15) is 0 Å². The second-order valence-electron chi connectivity index (χ2n) is 4.02. The lowest BCUT2D eigenvalue weighted by Crippen LogP contribution is -2.13. The lowest BCUT2D eigenvalue weighted by Gasteiger charge is -2.11. The van der Waals surface area contributed by atoms with Crippen LogP contribution in [0.4, 0.5) is 5.69 Å². The topological polar surface area (TPSA) is 46.2 Å². The molecule has 0 saturated carbocycles. The molecule has 2 aromatic rings. The number of hydrogen-bond acceptors (Lipinski definition) is 2. The largest absolute Gasteiger partial charge is 0.279 e. The fourth-order valence-electron chi connectivity index (χ4n) is 1.52. The smallest absolute Gasteiger partial charge is 0.261 e. The molecule has 2 aromatic carbocycles. The molecule has 2 rings (SSSR count). The molecule has 0 spiro atoms. The minimum absolute atomic E-state index is 0.232. The van der Waals surface area contributed by atoms with E-state index in [1.807, 2.05) is 19.1 Å². The molecule has 3 nitrogen and oxygen atoms in total. The van der Waals surface area contributed by atoms with Crippen molar-refractivity contribution in [1.29, 1.82) is 0 Å². The van der Waals surface area contributed by atoms with E-state index in [2.05, 4.69) is 36.6 Å².